The van der Waals surface area contributed by atoms with E-state index in [1.807, 2.05) is 17.0 Å². The Morgan fingerprint density at radius 1 is 1.25 bits per heavy atom. The molecule has 0 fully saturated rings. The Bertz CT molecular complexity index is 453. The van der Waals surface area contributed by atoms with E-state index in [0.717, 1.165) is 5.56 Å². The maximum Gasteiger partial charge on any atom is 0.337 e. The van der Waals surface area contributed by atoms with Crippen LogP contribution in [-0.4, -0.2) is 42.1 Å². The molecule has 110 valence electrons. The topological polar surface area (TPSA) is 66.8 Å². The number of hydrogen-bond acceptors (Lipinski definition) is 4. The van der Waals surface area contributed by atoms with Crippen molar-refractivity contribution < 1.29 is 19.4 Å². The van der Waals surface area contributed by atoms with Gasteiger partial charge in [-0.3, -0.25) is 9.69 Å². The number of ether oxygens (including phenoxy) is 1. The van der Waals surface area contributed by atoms with E-state index in [-0.39, 0.29) is 12.5 Å². The van der Waals surface area contributed by atoms with Gasteiger partial charge in [-0.25, -0.2) is 4.79 Å². The van der Waals surface area contributed by atoms with Crippen LogP contribution in [0.2, 0.25) is 0 Å². The highest BCUT2D eigenvalue weighted by Gasteiger charge is 2.12. The predicted molar refractivity (Wildman–Crippen MR) is 75.5 cm³/mol. The van der Waals surface area contributed by atoms with Crippen LogP contribution in [0.5, 0.6) is 0 Å². The summed E-state index contributed by atoms with van der Waals surface area (Å²) >= 11 is 0. The molecule has 0 saturated heterocycles. The number of carboxylic acid groups (broad SMARTS) is 1. The zero-order chi connectivity index (χ0) is 15.1. The second kappa shape index (κ2) is 7.65. The first-order valence-electron chi connectivity index (χ1n) is 6.53. The van der Waals surface area contributed by atoms with Gasteiger partial charge in [0.1, 0.15) is 0 Å². The highest BCUT2D eigenvalue weighted by Crippen LogP contribution is 2.10. The molecule has 0 bridgehead atoms. The first kappa shape index (κ1) is 16.2. The SMILES string of the molecule is COC(=O)c1ccc(CN(CC(=O)O)CC(C)C)cc1. The van der Waals surface area contributed by atoms with Crippen LogP contribution in [0.3, 0.4) is 0 Å². The smallest absolute Gasteiger partial charge is 0.337 e. The molecule has 0 heterocycles. The van der Waals surface area contributed by atoms with Crippen LogP contribution < -0.4 is 0 Å². The third-order valence-corrected chi connectivity index (χ3v) is 2.76. The van der Waals surface area contributed by atoms with Crippen molar-refractivity contribution in [2.75, 3.05) is 20.2 Å². The summed E-state index contributed by atoms with van der Waals surface area (Å²) in [6.07, 6.45) is 0. The normalized spacial score (nSPS) is 10.8. The quantitative estimate of drug-likeness (QED) is 0.773. The van der Waals surface area contributed by atoms with E-state index in [1.165, 1.54) is 7.11 Å². The lowest BCUT2D eigenvalue weighted by Gasteiger charge is -2.22. The largest absolute Gasteiger partial charge is 0.480 e. The summed E-state index contributed by atoms with van der Waals surface area (Å²) in [4.78, 5) is 24.1. The summed E-state index contributed by atoms with van der Waals surface area (Å²) in [6.45, 7) is 5.37. The molecule has 1 N–H and O–H groups in total. The molecule has 1 rings (SSSR count). The summed E-state index contributed by atoms with van der Waals surface area (Å²) in [5, 5.41) is 8.92. The number of hydrogen-bond donors (Lipinski definition) is 1. The van der Waals surface area contributed by atoms with Crippen LogP contribution in [-0.2, 0) is 16.1 Å². The zero-order valence-corrected chi connectivity index (χ0v) is 12.1. The van der Waals surface area contributed by atoms with Gasteiger partial charge in [0.15, 0.2) is 0 Å². The standard InChI is InChI=1S/C15H21NO4/c1-11(2)8-16(10-14(17)18)9-12-4-6-13(7-5-12)15(19)20-3/h4-7,11H,8-10H2,1-3H3,(H,17,18). The molecule has 0 radical (unpaired) electrons. The first-order chi connectivity index (χ1) is 9.42. The summed E-state index contributed by atoms with van der Waals surface area (Å²) in [7, 11) is 1.34. The summed E-state index contributed by atoms with van der Waals surface area (Å²) in [5.41, 5.74) is 1.46. The number of methoxy groups -OCH3 is 1. The Balaban J connectivity index is 2.72. The summed E-state index contributed by atoms with van der Waals surface area (Å²) in [6, 6.07) is 7.02. The minimum absolute atomic E-state index is 0.0108. The Hall–Kier alpha value is -1.88. The molecular weight excluding hydrogens is 258 g/mol. The molecular formula is C15H21NO4. The van der Waals surface area contributed by atoms with Gasteiger partial charge in [0.2, 0.25) is 0 Å². The highest BCUT2D eigenvalue weighted by molar-refractivity contribution is 5.89. The van der Waals surface area contributed by atoms with Crippen molar-refractivity contribution in [3.05, 3.63) is 35.4 Å². The van der Waals surface area contributed by atoms with Crippen LogP contribution in [0, 0.1) is 5.92 Å². The molecule has 0 spiro atoms. The summed E-state index contributed by atoms with van der Waals surface area (Å²) in [5.74, 6) is -0.818. The van der Waals surface area contributed by atoms with E-state index in [2.05, 4.69) is 18.6 Å². The lowest BCUT2D eigenvalue weighted by Crippen LogP contribution is -2.32. The molecule has 1 aromatic rings. The lowest BCUT2D eigenvalue weighted by atomic mass is 10.1. The van der Waals surface area contributed by atoms with Crippen molar-refractivity contribution in [3.8, 4) is 0 Å². The number of nitrogens with zero attached hydrogens (tertiary/aromatic N) is 1. The number of benzene rings is 1. The monoisotopic (exact) mass is 279 g/mol. The van der Waals surface area contributed by atoms with Crippen molar-refractivity contribution in [2.24, 2.45) is 5.92 Å². The molecule has 0 aliphatic rings. The second-order valence-corrected chi connectivity index (χ2v) is 5.15. The molecule has 5 heteroatoms. The zero-order valence-electron chi connectivity index (χ0n) is 12.1. The van der Waals surface area contributed by atoms with Crippen LogP contribution in [0.25, 0.3) is 0 Å². The van der Waals surface area contributed by atoms with Crippen LogP contribution in [0.4, 0.5) is 0 Å². The Labute approximate surface area is 119 Å². The minimum atomic E-state index is -0.836. The molecule has 0 atom stereocenters. The van der Waals surface area contributed by atoms with Gasteiger partial charge < -0.3 is 9.84 Å². The molecule has 0 unspecified atom stereocenters. The van der Waals surface area contributed by atoms with Crippen molar-refractivity contribution in [3.63, 3.8) is 0 Å². The number of carbonyl (C=O) groups is 2. The van der Waals surface area contributed by atoms with E-state index < -0.39 is 5.97 Å². The Kier molecular flexibility index (Phi) is 6.18. The molecule has 5 nitrogen and oxygen atoms in total. The minimum Gasteiger partial charge on any atom is -0.480 e. The molecule has 1 aromatic carbocycles. The van der Waals surface area contributed by atoms with E-state index in [4.69, 9.17) is 5.11 Å². The van der Waals surface area contributed by atoms with Crippen molar-refractivity contribution in [1.29, 1.82) is 0 Å². The van der Waals surface area contributed by atoms with Gasteiger partial charge in [0, 0.05) is 13.1 Å². The number of rotatable bonds is 7. The highest BCUT2D eigenvalue weighted by atomic mass is 16.5. The van der Waals surface area contributed by atoms with Crippen molar-refractivity contribution in [1.82, 2.24) is 4.90 Å². The van der Waals surface area contributed by atoms with Gasteiger partial charge in [-0.05, 0) is 23.6 Å². The van der Waals surface area contributed by atoms with E-state index in [0.29, 0.717) is 24.6 Å². The maximum atomic E-state index is 11.3. The first-order valence-corrected chi connectivity index (χ1v) is 6.53. The fourth-order valence-electron chi connectivity index (χ4n) is 2.01. The third-order valence-electron chi connectivity index (χ3n) is 2.76. The molecule has 0 aliphatic heterocycles. The van der Waals surface area contributed by atoms with E-state index >= 15 is 0 Å². The third kappa shape index (κ3) is 5.40. The Morgan fingerprint density at radius 3 is 2.30 bits per heavy atom. The van der Waals surface area contributed by atoms with Crippen LogP contribution in [0.1, 0.15) is 29.8 Å². The number of carboxylic acids is 1. The van der Waals surface area contributed by atoms with Crippen molar-refractivity contribution >= 4 is 11.9 Å². The van der Waals surface area contributed by atoms with Crippen LogP contribution >= 0.6 is 0 Å². The second-order valence-electron chi connectivity index (χ2n) is 5.15. The van der Waals surface area contributed by atoms with Gasteiger partial charge in [0.25, 0.3) is 0 Å². The molecule has 0 aromatic heterocycles. The summed E-state index contributed by atoms with van der Waals surface area (Å²) < 4.78 is 4.64. The average Bonchev–Trinajstić information content (AvgIpc) is 2.37. The van der Waals surface area contributed by atoms with E-state index in [1.54, 1.807) is 12.1 Å². The van der Waals surface area contributed by atoms with Gasteiger partial charge in [-0.1, -0.05) is 26.0 Å². The average molecular weight is 279 g/mol. The van der Waals surface area contributed by atoms with Crippen LogP contribution in [0.15, 0.2) is 24.3 Å². The van der Waals surface area contributed by atoms with Gasteiger partial charge in [-0.2, -0.15) is 0 Å². The van der Waals surface area contributed by atoms with E-state index in [9.17, 15) is 9.59 Å². The van der Waals surface area contributed by atoms with Gasteiger partial charge in [-0.15, -0.1) is 0 Å². The number of aliphatic carboxylic acids is 1. The maximum absolute atomic E-state index is 11.3. The Morgan fingerprint density at radius 2 is 1.85 bits per heavy atom. The predicted octanol–water partition coefficient (Wildman–Crippen LogP) is 2.02. The lowest BCUT2D eigenvalue weighted by molar-refractivity contribution is -0.138. The fraction of sp³-hybridized carbons (Fsp3) is 0.467. The number of carbonyl (C=O) groups excluding carboxylic acids is 1. The molecule has 0 aliphatic carbocycles. The van der Waals surface area contributed by atoms with Gasteiger partial charge in [0.05, 0.1) is 19.2 Å². The molecule has 0 saturated carbocycles. The van der Waals surface area contributed by atoms with Gasteiger partial charge >= 0.3 is 11.9 Å². The molecule has 0 amide bonds. The fourth-order valence-corrected chi connectivity index (χ4v) is 2.01. The number of esters is 1. The molecule has 20 heavy (non-hydrogen) atoms. The van der Waals surface area contributed by atoms with Crippen molar-refractivity contribution in [2.45, 2.75) is 20.4 Å².